The Bertz CT molecular complexity index is 1420. The van der Waals surface area contributed by atoms with E-state index in [4.69, 9.17) is 21.2 Å². The highest BCUT2D eigenvalue weighted by Gasteiger charge is 2.30. The fourth-order valence-corrected chi connectivity index (χ4v) is 5.05. The Balaban J connectivity index is 1.61. The van der Waals surface area contributed by atoms with Crippen molar-refractivity contribution < 1.29 is 4.74 Å². The zero-order valence-electron chi connectivity index (χ0n) is 22.4. The zero-order chi connectivity index (χ0) is 26.3. The van der Waals surface area contributed by atoms with Gasteiger partial charge < -0.3 is 30.6 Å². The van der Waals surface area contributed by atoms with Gasteiger partial charge in [0, 0.05) is 61.1 Å². The van der Waals surface area contributed by atoms with Gasteiger partial charge in [0.05, 0.1) is 35.4 Å². The van der Waals surface area contributed by atoms with E-state index in [9.17, 15) is 0 Å². The van der Waals surface area contributed by atoms with Crippen molar-refractivity contribution in [1.29, 1.82) is 0 Å². The highest BCUT2D eigenvalue weighted by Crippen LogP contribution is 2.45. The predicted molar refractivity (Wildman–Crippen MR) is 153 cm³/mol. The van der Waals surface area contributed by atoms with Crippen LogP contribution in [0.3, 0.4) is 0 Å². The van der Waals surface area contributed by atoms with Crippen LogP contribution in [-0.2, 0) is 0 Å². The van der Waals surface area contributed by atoms with Crippen molar-refractivity contribution in [1.82, 2.24) is 19.4 Å². The third-order valence-corrected chi connectivity index (χ3v) is 7.50. The summed E-state index contributed by atoms with van der Waals surface area (Å²) in [6.07, 6.45) is 6.60. The molecule has 5 rings (SSSR count). The van der Waals surface area contributed by atoms with Crippen LogP contribution in [0.15, 0.2) is 48.8 Å². The maximum Gasteiger partial charge on any atom is 0.164 e. The summed E-state index contributed by atoms with van der Waals surface area (Å²) in [5, 5.41) is 1.18. The Morgan fingerprint density at radius 2 is 1.84 bits per heavy atom. The molecule has 0 saturated heterocycles. The van der Waals surface area contributed by atoms with Crippen molar-refractivity contribution in [3.63, 3.8) is 0 Å². The SMILES string of the molecule is COc1cc(N(C)CCN(C)C)c(N)c(-c2nccc(-c3cn(C(C)C4CC4)c4ccccc34)n2)c1N. The molecule has 4 aromatic rings. The summed E-state index contributed by atoms with van der Waals surface area (Å²) in [7, 11) is 7.73. The maximum atomic E-state index is 6.74. The van der Waals surface area contributed by atoms with Crippen LogP contribution in [0.25, 0.3) is 33.5 Å². The van der Waals surface area contributed by atoms with Gasteiger partial charge in [-0.1, -0.05) is 18.2 Å². The zero-order valence-corrected chi connectivity index (χ0v) is 22.4. The standard InChI is InChI=1S/C29H37N7O/c1-18(19-10-11-19)36-17-21(20-8-6-7-9-23(20)36)22-12-13-32-29(33-22)26-27(30)24(16-25(37-5)28(26)31)35(4)15-14-34(2)3/h6-9,12-13,16-19H,10-11,14-15,30-31H2,1-5H3. The molecule has 0 radical (unpaired) electrons. The second-order valence-electron chi connectivity index (χ2n) is 10.3. The van der Waals surface area contributed by atoms with Gasteiger partial charge in [-0.15, -0.1) is 0 Å². The lowest BCUT2D eigenvalue weighted by atomic mass is 10.1. The van der Waals surface area contributed by atoms with Crippen LogP contribution in [0.1, 0.15) is 25.8 Å². The minimum atomic E-state index is 0.437. The molecule has 1 atom stereocenters. The Hall–Kier alpha value is -3.78. The van der Waals surface area contributed by atoms with Gasteiger partial charge in [0.15, 0.2) is 5.82 Å². The summed E-state index contributed by atoms with van der Waals surface area (Å²) >= 11 is 0. The predicted octanol–water partition coefficient (Wildman–Crippen LogP) is 4.91. The Morgan fingerprint density at radius 3 is 2.54 bits per heavy atom. The summed E-state index contributed by atoms with van der Waals surface area (Å²) in [5.41, 5.74) is 18.9. The second-order valence-corrected chi connectivity index (χ2v) is 10.3. The number of rotatable bonds is 9. The molecule has 8 nitrogen and oxygen atoms in total. The van der Waals surface area contributed by atoms with Gasteiger partial charge in [-0.05, 0) is 51.9 Å². The topological polar surface area (TPSA) is 98.5 Å². The lowest BCUT2D eigenvalue weighted by Gasteiger charge is -2.25. The number of para-hydroxylation sites is 1. The highest BCUT2D eigenvalue weighted by atomic mass is 16.5. The average Bonchev–Trinajstić information content (AvgIpc) is 3.67. The third-order valence-electron chi connectivity index (χ3n) is 7.50. The van der Waals surface area contributed by atoms with Crippen molar-refractivity contribution in [2.75, 3.05) is 57.7 Å². The van der Waals surface area contributed by atoms with Crippen LogP contribution < -0.4 is 21.1 Å². The fraction of sp³-hybridized carbons (Fsp3) is 0.379. The van der Waals surface area contributed by atoms with Crippen molar-refractivity contribution in [2.24, 2.45) is 5.92 Å². The maximum absolute atomic E-state index is 6.74. The van der Waals surface area contributed by atoms with Gasteiger partial charge in [0.1, 0.15) is 5.75 Å². The Morgan fingerprint density at radius 1 is 1.08 bits per heavy atom. The molecule has 194 valence electrons. The van der Waals surface area contributed by atoms with Gasteiger partial charge in [0.2, 0.25) is 0 Å². The fourth-order valence-electron chi connectivity index (χ4n) is 5.05. The van der Waals surface area contributed by atoms with E-state index in [2.05, 4.69) is 56.7 Å². The van der Waals surface area contributed by atoms with Gasteiger partial charge in [-0.2, -0.15) is 0 Å². The van der Waals surface area contributed by atoms with Crippen LogP contribution >= 0.6 is 0 Å². The van der Waals surface area contributed by atoms with Crippen LogP contribution in [0.5, 0.6) is 5.75 Å². The second kappa shape index (κ2) is 9.94. The van der Waals surface area contributed by atoms with Gasteiger partial charge in [-0.25, -0.2) is 9.97 Å². The van der Waals surface area contributed by atoms with Crippen molar-refractivity contribution in [3.8, 4) is 28.4 Å². The number of hydrogen-bond donors (Lipinski definition) is 2. The quantitative estimate of drug-likeness (QED) is 0.316. The first-order valence-electron chi connectivity index (χ1n) is 12.8. The molecule has 0 spiro atoms. The third kappa shape index (κ3) is 4.69. The summed E-state index contributed by atoms with van der Waals surface area (Å²) in [5.74, 6) is 1.78. The number of nitrogens with zero attached hydrogens (tertiary/aromatic N) is 5. The number of fused-ring (bicyclic) bond motifs is 1. The van der Waals surface area contributed by atoms with E-state index in [0.717, 1.165) is 36.0 Å². The van der Waals surface area contributed by atoms with Gasteiger partial charge >= 0.3 is 0 Å². The lowest BCUT2D eigenvalue weighted by molar-refractivity contribution is 0.414. The molecule has 0 amide bonds. The van der Waals surface area contributed by atoms with E-state index < -0.39 is 0 Å². The number of aromatic nitrogens is 3. The molecule has 2 aromatic carbocycles. The number of anilines is 3. The molecule has 37 heavy (non-hydrogen) atoms. The molecule has 2 heterocycles. The largest absolute Gasteiger partial charge is 0.494 e. The summed E-state index contributed by atoms with van der Waals surface area (Å²) in [4.78, 5) is 13.9. The summed E-state index contributed by atoms with van der Waals surface area (Å²) in [6.45, 7) is 3.99. The smallest absolute Gasteiger partial charge is 0.164 e. The molecule has 1 saturated carbocycles. The van der Waals surface area contributed by atoms with Crippen LogP contribution in [0.4, 0.5) is 17.1 Å². The number of benzene rings is 2. The van der Waals surface area contributed by atoms with Crippen LogP contribution in [-0.4, -0.2) is 60.8 Å². The number of ether oxygens (including phenoxy) is 1. The molecule has 1 fully saturated rings. The Labute approximate surface area is 218 Å². The van der Waals surface area contributed by atoms with E-state index in [0.29, 0.717) is 34.6 Å². The molecular formula is C29H37N7O. The molecule has 0 aliphatic heterocycles. The normalized spacial score (nSPS) is 14.3. The molecule has 8 heteroatoms. The average molecular weight is 500 g/mol. The minimum Gasteiger partial charge on any atom is -0.494 e. The first-order chi connectivity index (χ1) is 17.8. The first kappa shape index (κ1) is 24.9. The molecule has 2 aromatic heterocycles. The number of likely N-dealkylation sites (N-methyl/N-ethyl adjacent to an activating group) is 2. The molecule has 1 aliphatic carbocycles. The lowest BCUT2D eigenvalue weighted by Crippen LogP contribution is -2.29. The van der Waals surface area contributed by atoms with E-state index in [-0.39, 0.29) is 0 Å². The van der Waals surface area contributed by atoms with Crippen molar-refractivity contribution in [2.45, 2.75) is 25.8 Å². The van der Waals surface area contributed by atoms with E-state index in [1.807, 2.05) is 33.3 Å². The monoisotopic (exact) mass is 499 g/mol. The van der Waals surface area contributed by atoms with Crippen molar-refractivity contribution in [3.05, 3.63) is 48.8 Å². The van der Waals surface area contributed by atoms with E-state index >= 15 is 0 Å². The number of hydrogen-bond acceptors (Lipinski definition) is 7. The molecule has 1 aliphatic rings. The van der Waals surface area contributed by atoms with E-state index in [1.165, 1.54) is 23.7 Å². The van der Waals surface area contributed by atoms with Crippen molar-refractivity contribution >= 4 is 28.0 Å². The summed E-state index contributed by atoms with van der Waals surface area (Å²) in [6, 6.07) is 12.8. The van der Waals surface area contributed by atoms with Gasteiger partial charge in [0.25, 0.3) is 0 Å². The highest BCUT2D eigenvalue weighted by molar-refractivity contribution is 5.97. The minimum absolute atomic E-state index is 0.437. The van der Waals surface area contributed by atoms with Gasteiger partial charge in [-0.3, -0.25) is 0 Å². The molecular weight excluding hydrogens is 462 g/mol. The number of nitrogens with two attached hydrogens (primary N) is 2. The van der Waals surface area contributed by atoms with Crippen LogP contribution in [0.2, 0.25) is 0 Å². The van der Waals surface area contributed by atoms with E-state index in [1.54, 1.807) is 13.3 Å². The number of nitrogen functional groups attached to an aromatic ring is 2. The summed E-state index contributed by atoms with van der Waals surface area (Å²) < 4.78 is 8.03. The molecule has 4 N–H and O–H groups in total. The number of methoxy groups -OCH3 is 1. The Kier molecular flexibility index (Phi) is 6.69. The first-order valence-corrected chi connectivity index (χ1v) is 12.8. The molecule has 0 bridgehead atoms. The molecule has 1 unspecified atom stereocenters. The van der Waals surface area contributed by atoms with Crippen LogP contribution in [0, 0.1) is 5.92 Å².